The van der Waals surface area contributed by atoms with E-state index < -0.39 is 6.04 Å². The van der Waals surface area contributed by atoms with Crippen LogP contribution in [0.1, 0.15) is 36.7 Å². The second-order valence-corrected chi connectivity index (χ2v) is 4.76. The van der Waals surface area contributed by atoms with Gasteiger partial charge in [0.1, 0.15) is 0 Å². The molecule has 0 radical (unpaired) electrons. The van der Waals surface area contributed by atoms with Crippen molar-refractivity contribution < 1.29 is 4.52 Å². The van der Waals surface area contributed by atoms with Gasteiger partial charge in [0.25, 0.3) is 0 Å². The van der Waals surface area contributed by atoms with Gasteiger partial charge >= 0.3 is 0 Å². The van der Waals surface area contributed by atoms with Crippen molar-refractivity contribution >= 4 is 23.2 Å². The Morgan fingerprint density at radius 2 is 2.11 bits per heavy atom. The van der Waals surface area contributed by atoms with E-state index >= 15 is 0 Å². The highest BCUT2D eigenvalue weighted by Crippen LogP contribution is 2.26. The molecule has 0 aliphatic rings. The van der Waals surface area contributed by atoms with Crippen LogP contribution in [0.5, 0.6) is 0 Å². The third-order valence-electron chi connectivity index (χ3n) is 2.53. The molecule has 1 aromatic heterocycles. The van der Waals surface area contributed by atoms with Crippen molar-refractivity contribution in [3.8, 4) is 0 Å². The van der Waals surface area contributed by atoms with Crippen LogP contribution in [0, 0.1) is 0 Å². The van der Waals surface area contributed by atoms with E-state index in [0.717, 1.165) is 18.4 Å². The molecular weight excluding hydrogens is 273 g/mol. The van der Waals surface area contributed by atoms with Crippen molar-refractivity contribution in [3.05, 3.63) is 45.5 Å². The van der Waals surface area contributed by atoms with Crippen LogP contribution in [0.15, 0.2) is 22.7 Å². The molecule has 18 heavy (non-hydrogen) atoms. The fourth-order valence-corrected chi connectivity index (χ4v) is 1.87. The summed E-state index contributed by atoms with van der Waals surface area (Å²) < 4.78 is 5.10. The topological polar surface area (TPSA) is 64.9 Å². The van der Waals surface area contributed by atoms with E-state index in [2.05, 4.69) is 10.1 Å². The molecule has 96 valence electrons. The van der Waals surface area contributed by atoms with Crippen LogP contribution in [-0.4, -0.2) is 10.1 Å². The third kappa shape index (κ3) is 2.83. The van der Waals surface area contributed by atoms with Crippen LogP contribution in [0.2, 0.25) is 10.0 Å². The molecule has 6 heteroatoms. The second-order valence-electron chi connectivity index (χ2n) is 3.95. The van der Waals surface area contributed by atoms with Crippen LogP contribution in [0.4, 0.5) is 0 Å². The largest absolute Gasteiger partial charge is 0.339 e. The summed E-state index contributed by atoms with van der Waals surface area (Å²) in [5, 5.41) is 4.83. The van der Waals surface area contributed by atoms with Gasteiger partial charge in [-0.05, 0) is 24.1 Å². The van der Waals surface area contributed by atoms with Crippen molar-refractivity contribution in [2.75, 3.05) is 0 Å². The molecule has 2 aromatic rings. The first-order valence-electron chi connectivity index (χ1n) is 5.64. The van der Waals surface area contributed by atoms with Crippen molar-refractivity contribution in [1.82, 2.24) is 10.1 Å². The minimum atomic E-state index is -0.464. The van der Waals surface area contributed by atoms with Gasteiger partial charge < -0.3 is 10.3 Å². The van der Waals surface area contributed by atoms with Crippen LogP contribution in [0.3, 0.4) is 0 Å². The average molecular weight is 286 g/mol. The molecule has 4 nitrogen and oxygen atoms in total. The molecule has 1 atom stereocenters. The highest BCUT2D eigenvalue weighted by Gasteiger charge is 2.16. The smallest absolute Gasteiger partial charge is 0.226 e. The lowest BCUT2D eigenvalue weighted by atomic mass is 10.1. The fourth-order valence-electron chi connectivity index (χ4n) is 1.56. The number of rotatable bonds is 4. The minimum Gasteiger partial charge on any atom is -0.339 e. The summed E-state index contributed by atoms with van der Waals surface area (Å²) in [5.41, 5.74) is 6.86. The SMILES string of the molecule is CCCc1nc(C(N)c2ccc(Cl)c(Cl)c2)no1. The molecule has 0 saturated carbocycles. The number of aryl methyl sites for hydroxylation is 1. The monoisotopic (exact) mass is 285 g/mol. The number of nitrogens with two attached hydrogens (primary N) is 1. The van der Waals surface area contributed by atoms with Crippen LogP contribution < -0.4 is 5.73 Å². The van der Waals surface area contributed by atoms with E-state index in [1.165, 1.54) is 0 Å². The molecule has 2 rings (SSSR count). The molecule has 0 bridgehead atoms. The van der Waals surface area contributed by atoms with Gasteiger partial charge in [-0.15, -0.1) is 0 Å². The van der Waals surface area contributed by atoms with Gasteiger partial charge in [0.05, 0.1) is 16.1 Å². The minimum absolute atomic E-state index is 0.455. The van der Waals surface area contributed by atoms with Gasteiger partial charge in [-0.25, -0.2) is 0 Å². The average Bonchev–Trinajstić information content (AvgIpc) is 2.81. The Labute approximate surface area is 115 Å². The predicted molar refractivity (Wildman–Crippen MR) is 70.8 cm³/mol. The van der Waals surface area contributed by atoms with Gasteiger partial charge in [-0.2, -0.15) is 4.98 Å². The normalized spacial score (nSPS) is 12.7. The van der Waals surface area contributed by atoms with Crippen LogP contribution >= 0.6 is 23.2 Å². The molecule has 0 fully saturated rings. The van der Waals surface area contributed by atoms with Crippen molar-refractivity contribution in [3.63, 3.8) is 0 Å². The van der Waals surface area contributed by atoms with Crippen molar-refractivity contribution in [2.24, 2.45) is 5.73 Å². The zero-order valence-corrected chi connectivity index (χ0v) is 11.4. The maximum absolute atomic E-state index is 6.06. The Morgan fingerprint density at radius 1 is 1.33 bits per heavy atom. The molecule has 0 aliphatic carbocycles. The predicted octanol–water partition coefficient (Wildman–Crippen LogP) is 3.38. The highest BCUT2D eigenvalue weighted by molar-refractivity contribution is 6.42. The summed E-state index contributed by atoms with van der Waals surface area (Å²) in [7, 11) is 0. The lowest BCUT2D eigenvalue weighted by molar-refractivity contribution is 0.370. The molecule has 0 spiro atoms. The van der Waals surface area contributed by atoms with E-state index in [4.69, 9.17) is 33.5 Å². The van der Waals surface area contributed by atoms with E-state index in [1.54, 1.807) is 18.2 Å². The summed E-state index contributed by atoms with van der Waals surface area (Å²) in [4.78, 5) is 4.25. The summed E-state index contributed by atoms with van der Waals surface area (Å²) in [5.74, 6) is 1.06. The Hall–Kier alpha value is -1.10. The fraction of sp³-hybridized carbons (Fsp3) is 0.333. The summed E-state index contributed by atoms with van der Waals surface area (Å²) in [6, 6.07) is 4.75. The first-order valence-corrected chi connectivity index (χ1v) is 6.40. The van der Waals surface area contributed by atoms with Crippen molar-refractivity contribution in [2.45, 2.75) is 25.8 Å². The molecule has 2 N–H and O–H groups in total. The standard InChI is InChI=1S/C12H13Cl2N3O/c1-2-3-10-16-12(17-18-10)11(15)7-4-5-8(13)9(14)6-7/h4-6,11H,2-3,15H2,1H3. The lowest BCUT2D eigenvalue weighted by Crippen LogP contribution is -2.13. The van der Waals surface area contributed by atoms with Gasteiger partial charge in [0, 0.05) is 6.42 Å². The van der Waals surface area contributed by atoms with E-state index in [-0.39, 0.29) is 0 Å². The van der Waals surface area contributed by atoms with Gasteiger partial charge in [0.15, 0.2) is 5.82 Å². The number of benzene rings is 1. The van der Waals surface area contributed by atoms with Crippen molar-refractivity contribution in [1.29, 1.82) is 0 Å². The maximum atomic E-state index is 6.06. The number of nitrogens with zero attached hydrogens (tertiary/aromatic N) is 2. The second kappa shape index (κ2) is 5.69. The van der Waals surface area contributed by atoms with Crippen LogP contribution in [0.25, 0.3) is 0 Å². The van der Waals surface area contributed by atoms with Gasteiger partial charge in [0.2, 0.25) is 5.89 Å². The Bertz CT molecular complexity index is 542. The van der Waals surface area contributed by atoms with E-state index in [9.17, 15) is 0 Å². The molecule has 1 unspecified atom stereocenters. The number of aromatic nitrogens is 2. The maximum Gasteiger partial charge on any atom is 0.226 e. The number of hydrogen-bond donors (Lipinski definition) is 1. The van der Waals surface area contributed by atoms with E-state index in [1.807, 2.05) is 6.92 Å². The summed E-state index contributed by atoms with van der Waals surface area (Å²) in [6.45, 7) is 2.04. The lowest BCUT2D eigenvalue weighted by Gasteiger charge is -2.08. The molecule has 1 heterocycles. The summed E-state index contributed by atoms with van der Waals surface area (Å²) >= 11 is 11.8. The molecule has 0 saturated heterocycles. The molecular formula is C12H13Cl2N3O. The highest BCUT2D eigenvalue weighted by atomic mass is 35.5. The Morgan fingerprint density at radius 3 is 2.78 bits per heavy atom. The zero-order chi connectivity index (χ0) is 13.1. The number of halogens is 2. The quantitative estimate of drug-likeness (QED) is 0.935. The first-order chi connectivity index (χ1) is 8.61. The zero-order valence-electron chi connectivity index (χ0n) is 9.86. The first kappa shape index (κ1) is 13.3. The Kier molecular flexibility index (Phi) is 4.22. The van der Waals surface area contributed by atoms with Crippen LogP contribution in [-0.2, 0) is 6.42 Å². The molecule has 1 aromatic carbocycles. The third-order valence-corrected chi connectivity index (χ3v) is 3.27. The molecule has 0 aliphatic heterocycles. The summed E-state index contributed by atoms with van der Waals surface area (Å²) in [6.07, 6.45) is 1.70. The molecule has 0 amide bonds. The van der Waals surface area contributed by atoms with Gasteiger partial charge in [-0.1, -0.05) is 41.3 Å². The number of hydrogen-bond acceptors (Lipinski definition) is 4. The van der Waals surface area contributed by atoms with Gasteiger partial charge in [-0.3, -0.25) is 0 Å². The van der Waals surface area contributed by atoms with E-state index in [0.29, 0.717) is 21.8 Å². The Balaban J connectivity index is 2.23.